The predicted molar refractivity (Wildman–Crippen MR) is 151 cm³/mol. The van der Waals surface area contributed by atoms with Crippen molar-refractivity contribution in [3.05, 3.63) is 65.2 Å². The number of likely N-dealkylation sites (tertiary alicyclic amines) is 1. The van der Waals surface area contributed by atoms with Crippen molar-refractivity contribution in [3.8, 4) is 0 Å². The quantitative estimate of drug-likeness (QED) is 0.477. The zero-order chi connectivity index (χ0) is 29.6. The maximum absolute atomic E-state index is 12.9. The SMILES string of the molecule is CCN(CC)C(=O)c1ccc(N2CCC(N3CC[C@@H](NC(=O)CNC(=O)c4cccc(C(F)(F)F)c4)C3)CC2)cc1. The van der Waals surface area contributed by atoms with Gasteiger partial charge in [0, 0.05) is 68.2 Å². The molecule has 41 heavy (non-hydrogen) atoms. The van der Waals surface area contributed by atoms with Gasteiger partial charge in [-0.1, -0.05) is 6.07 Å². The van der Waals surface area contributed by atoms with Gasteiger partial charge in [0.1, 0.15) is 0 Å². The topological polar surface area (TPSA) is 85.0 Å². The van der Waals surface area contributed by atoms with Crippen molar-refractivity contribution in [3.63, 3.8) is 0 Å². The van der Waals surface area contributed by atoms with Gasteiger partial charge < -0.3 is 20.4 Å². The fraction of sp³-hybridized carbons (Fsp3) is 0.500. The van der Waals surface area contributed by atoms with E-state index in [0.29, 0.717) is 24.7 Å². The number of piperidine rings is 1. The van der Waals surface area contributed by atoms with Crippen LogP contribution in [0.4, 0.5) is 18.9 Å². The molecule has 2 heterocycles. The van der Waals surface area contributed by atoms with Gasteiger partial charge >= 0.3 is 6.18 Å². The average molecular weight is 574 g/mol. The first-order valence-electron chi connectivity index (χ1n) is 14.2. The Balaban J connectivity index is 1.19. The maximum atomic E-state index is 12.9. The highest BCUT2D eigenvalue weighted by Crippen LogP contribution is 2.29. The number of rotatable bonds is 9. The third-order valence-electron chi connectivity index (χ3n) is 7.96. The number of amides is 3. The lowest BCUT2D eigenvalue weighted by atomic mass is 10.0. The second kappa shape index (κ2) is 13.4. The predicted octanol–water partition coefficient (Wildman–Crippen LogP) is 3.78. The largest absolute Gasteiger partial charge is 0.416 e. The molecule has 1 atom stereocenters. The minimum absolute atomic E-state index is 0.0399. The molecule has 222 valence electrons. The van der Waals surface area contributed by atoms with Crippen molar-refractivity contribution in [2.24, 2.45) is 0 Å². The Morgan fingerprint density at radius 1 is 0.927 bits per heavy atom. The second-order valence-electron chi connectivity index (χ2n) is 10.6. The van der Waals surface area contributed by atoms with Crippen LogP contribution in [0.2, 0.25) is 0 Å². The lowest BCUT2D eigenvalue weighted by molar-refractivity contribution is -0.137. The summed E-state index contributed by atoms with van der Waals surface area (Å²) in [5, 5.41) is 5.35. The molecule has 8 nitrogen and oxygen atoms in total. The fourth-order valence-electron chi connectivity index (χ4n) is 5.61. The van der Waals surface area contributed by atoms with Crippen LogP contribution in [0.1, 0.15) is 59.4 Å². The number of carbonyl (C=O) groups is 3. The van der Waals surface area contributed by atoms with Gasteiger partial charge in [0.05, 0.1) is 12.1 Å². The molecule has 0 spiro atoms. The molecule has 2 N–H and O–H groups in total. The van der Waals surface area contributed by atoms with Crippen molar-refractivity contribution in [2.75, 3.05) is 50.7 Å². The Kier molecular flexibility index (Phi) is 9.90. The van der Waals surface area contributed by atoms with Gasteiger partial charge in [-0.2, -0.15) is 13.2 Å². The van der Waals surface area contributed by atoms with E-state index in [1.165, 1.54) is 12.1 Å². The number of halogens is 3. The van der Waals surface area contributed by atoms with Gasteiger partial charge in [-0.15, -0.1) is 0 Å². The summed E-state index contributed by atoms with van der Waals surface area (Å²) in [5.74, 6) is -1.04. The number of hydrogen-bond acceptors (Lipinski definition) is 5. The summed E-state index contributed by atoms with van der Waals surface area (Å²) >= 11 is 0. The van der Waals surface area contributed by atoms with E-state index in [1.54, 1.807) is 0 Å². The highest BCUT2D eigenvalue weighted by molar-refractivity contribution is 5.96. The van der Waals surface area contributed by atoms with Crippen LogP contribution in [0.5, 0.6) is 0 Å². The summed E-state index contributed by atoms with van der Waals surface area (Å²) in [6.45, 7) is 8.43. The maximum Gasteiger partial charge on any atom is 0.416 e. The van der Waals surface area contributed by atoms with Gasteiger partial charge in [0.2, 0.25) is 5.91 Å². The van der Waals surface area contributed by atoms with E-state index in [1.807, 2.05) is 43.0 Å². The molecule has 2 aromatic carbocycles. The first kappa shape index (κ1) is 30.4. The molecule has 0 bridgehead atoms. The Bertz CT molecular complexity index is 1210. The third kappa shape index (κ3) is 7.78. The average Bonchev–Trinajstić information content (AvgIpc) is 3.44. The van der Waals surface area contributed by atoms with Crippen LogP contribution in [0.25, 0.3) is 0 Å². The molecule has 11 heteroatoms. The Hall–Kier alpha value is -3.60. The van der Waals surface area contributed by atoms with E-state index < -0.39 is 17.6 Å². The van der Waals surface area contributed by atoms with E-state index in [2.05, 4.69) is 20.4 Å². The number of anilines is 1. The smallest absolute Gasteiger partial charge is 0.371 e. The highest BCUT2D eigenvalue weighted by atomic mass is 19.4. The van der Waals surface area contributed by atoms with Crippen LogP contribution in [-0.4, -0.2) is 85.4 Å². The molecule has 0 aliphatic carbocycles. The van der Waals surface area contributed by atoms with E-state index >= 15 is 0 Å². The molecule has 2 saturated heterocycles. The van der Waals surface area contributed by atoms with E-state index in [4.69, 9.17) is 0 Å². The fourth-order valence-corrected chi connectivity index (χ4v) is 5.61. The van der Waals surface area contributed by atoms with Crippen LogP contribution in [-0.2, 0) is 11.0 Å². The summed E-state index contributed by atoms with van der Waals surface area (Å²) < 4.78 is 38.7. The number of nitrogens with one attached hydrogen (secondary N) is 2. The molecule has 4 rings (SSSR count). The molecule has 0 radical (unpaired) electrons. The number of alkyl halides is 3. The van der Waals surface area contributed by atoms with Gasteiger partial charge in [-0.05, 0) is 75.6 Å². The molecule has 2 fully saturated rings. The molecular weight excluding hydrogens is 535 g/mol. The molecule has 2 aromatic rings. The van der Waals surface area contributed by atoms with Crippen LogP contribution >= 0.6 is 0 Å². The van der Waals surface area contributed by atoms with Crippen molar-refractivity contribution < 1.29 is 27.6 Å². The van der Waals surface area contributed by atoms with Crippen LogP contribution in [0, 0.1) is 0 Å². The zero-order valence-corrected chi connectivity index (χ0v) is 23.5. The lowest BCUT2D eigenvalue weighted by Gasteiger charge is -2.38. The molecular formula is C30H38F3N5O3. The Morgan fingerprint density at radius 3 is 2.24 bits per heavy atom. The van der Waals surface area contributed by atoms with Crippen molar-refractivity contribution in [1.82, 2.24) is 20.4 Å². The van der Waals surface area contributed by atoms with Crippen LogP contribution < -0.4 is 15.5 Å². The van der Waals surface area contributed by atoms with Crippen LogP contribution in [0.3, 0.4) is 0 Å². The number of carbonyl (C=O) groups excluding carboxylic acids is 3. The van der Waals surface area contributed by atoms with Gasteiger partial charge in [-0.25, -0.2) is 0 Å². The summed E-state index contributed by atoms with van der Waals surface area (Å²) in [6, 6.07) is 12.3. The van der Waals surface area contributed by atoms with Crippen LogP contribution in [0.15, 0.2) is 48.5 Å². The van der Waals surface area contributed by atoms with E-state index in [-0.39, 0.29) is 30.0 Å². The number of benzene rings is 2. The van der Waals surface area contributed by atoms with Gasteiger partial charge in [0.25, 0.3) is 11.8 Å². The Labute approximate surface area is 238 Å². The van der Waals surface area contributed by atoms with Crippen molar-refractivity contribution in [2.45, 2.75) is 51.4 Å². The summed E-state index contributed by atoms with van der Waals surface area (Å²) in [6.07, 6.45) is -1.76. The normalized spacial score (nSPS) is 18.3. The second-order valence-corrected chi connectivity index (χ2v) is 10.6. The van der Waals surface area contributed by atoms with Gasteiger partial charge in [-0.3, -0.25) is 19.3 Å². The van der Waals surface area contributed by atoms with Crippen molar-refractivity contribution in [1.29, 1.82) is 0 Å². The monoisotopic (exact) mass is 573 g/mol. The minimum Gasteiger partial charge on any atom is -0.371 e. The van der Waals surface area contributed by atoms with E-state index in [9.17, 15) is 27.6 Å². The first-order valence-corrected chi connectivity index (χ1v) is 14.2. The number of nitrogens with zero attached hydrogens (tertiary/aromatic N) is 3. The van der Waals surface area contributed by atoms with Gasteiger partial charge in [0.15, 0.2) is 0 Å². The molecule has 3 amide bonds. The summed E-state index contributed by atoms with van der Waals surface area (Å²) in [7, 11) is 0. The number of hydrogen-bond donors (Lipinski definition) is 2. The lowest BCUT2D eigenvalue weighted by Crippen LogP contribution is -2.46. The summed E-state index contributed by atoms with van der Waals surface area (Å²) in [4.78, 5) is 43.8. The molecule has 0 unspecified atom stereocenters. The third-order valence-corrected chi connectivity index (χ3v) is 7.96. The molecule has 0 aromatic heterocycles. The summed E-state index contributed by atoms with van der Waals surface area (Å²) in [5.41, 5.74) is 0.757. The zero-order valence-electron chi connectivity index (χ0n) is 23.5. The van der Waals surface area contributed by atoms with Crippen molar-refractivity contribution >= 4 is 23.4 Å². The standard InChI is InChI=1S/C30H38F3N5O3/c1-3-36(4-2)29(41)21-8-10-25(11-9-21)37-16-13-26(14-17-37)38-15-12-24(20-38)35-27(39)19-34-28(40)22-6-5-7-23(18-22)30(31,32)33/h5-11,18,24,26H,3-4,12-17,19-20H2,1-2H3,(H,34,40)(H,35,39)/t24-/m1/s1. The molecule has 2 aliphatic heterocycles. The Morgan fingerprint density at radius 2 is 1.61 bits per heavy atom. The minimum atomic E-state index is -4.54. The molecule has 2 aliphatic rings. The van der Waals surface area contributed by atoms with E-state index in [0.717, 1.165) is 63.3 Å². The first-order chi connectivity index (χ1) is 19.6. The molecule has 0 saturated carbocycles. The highest BCUT2D eigenvalue weighted by Gasteiger charge is 2.32.